The van der Waals surface area contributed by atoms with E-state index in [0.29, 0.717) is 0 Å². The molecule has 0 radical (unpaired) electrons. The number of benzene rings is 1. The van der Waals surface area contributed by atoms with E-state index in [4.69, 9.17) is 9.47 Å². The zero-order chi connectivity index (χ0) is 15.2. The highest BCUT2D eigenvalue weighted by Crippen LogP contribution is 2.27. The van der Waals surface area contributed by atoms with Gasteiger partial charge in [-0.25, -0.2) is 9.59 Å². The first-order valence-corrected chi connectivity index (χ1v) is 7.57. The molecule has 0 aliphatic rings. The van der Waals surface area contributed by atoms with E-state index in [-0.39, 0.29) is 18.8 Å². The molecule has 0 aliphatic carbocycles. The molecule has 0 saturated carbocycles. The average molecular weight is 304 g/mol. The molecule has 0 unspecified atom stereocenters. The number of hydrogen-bond acceptors (Lipinski definition) is 5. The van der Waals surface area contributed by atoms with Crippen molar-refractivity contribution in [3.63, 3.8) is 0 Å². The summed E-state index contributed by atoms with van der Waals surface area (Å²) >= 11 is 1.56. The van der Waals surface area contributed by atoms with E-state index in [1.165, 1.54) is 6.08 Å². The van der Waals surface area contributed by atoms with Crippen LogP contribution in [0.3, 0.4) is 0 Å². The van der Waals surface area contributed by atoms with Crippen molar-refractivity contribution in [2.75, 3.05) is 13.2 Å². The van der Waals surface area contributed by atoms with Crippen LogP contribution in [0.25, 0.3) is 16.2 Å². The quantitative estimate of drug-likeness (QED) is 0.368. The molecule has 1 aromatic carbocycles. The zero-order valence-electron chi connectivity index (χ0n) is 11.9. The van der Waals surface area contributed by atoms with Crippen molar-refractivity contribution in [2.24, 2.45) is 0 Å². The van der Waals surface area contributed by atoms with Crippen molar-refractivity contribution in [1.29, 1.82) is 0 Å². The maximum atomic E-state index is 11.9. The summed E-state index contributed by atoms with van der Waals surface area (Å²) < 4.78 is 10.9. The van der Waals surface area contributed by atoms with Crippen molar-refractivity contribution in [2.45, 2.75) is 13.8 Å². The molecule has 4 nitrogen and oxygen atoms in total. The van der Waals surface area contributed by atoms with Gasteiger partial charge in [0.1, 0.15) is 5.57 Å². The first-order chi connectivity index (χ1) is 10.2. The van der Waals surface area contributed by atoms with Crippen LogP contribution in [-0.2, 0) is 19.1 Å². The highest BCUT2D eigenvalue weighted by atomic mass is 32.1. The predicted octanol–water partition coefficient (Wildman–Crippen LogP) is 3.41. The smallest absolute Gasteiger partial charge is 0.345 e. The van der Waals surface area contributed by atoms with Crippen molar-refractivity contribution < 1.29 is 19.1 Å². The van der Waals surface area contributed by atoms with Crippen molar-refractivity contribution in [3.05, 3.63) is 40.8 Å². The van der Waals surface area contributed by atoms with E-state index in [1.54, 1.807) is 25.2 Å². The molecule has 0 bridgehead atoms. The lowest BCUT2D eigenvalue weighted by Gasteiger charge is -2.06. The molecule has 2 rings (SSSR count). The van der Waals surface area contributed by atoms with E-state index < -0.39 is 11.9 Å². The van der Waals surface area contributed by atoms with Gasteiger partial charge in [-0.05, 0) is 42.3 Å². The van der Waals surface area contributed by atoms with Crippen LogP contribution in [0, 0.1) is 0 Å². The first kappa shape index (κ1) is 15.3. The molecule has 0 saturated heterocycles. The molecule has 110 valence electrons. The van der Waals surface area contributed by atoms with Gasteiger partial charge in [0.25, 0.3) is 0 Å². The highest BCUT2D eigenvalue weighted by Gasteiger charge is 2.21. The minimum atomic E-state index is -0.661. The Labute approximate surface area is 127 Å². The fraction of sp³-hybridized carbons (Fsp3) is 0.250. The van der Waals surface area contributed by atoms with Crippen LogP contribution >= 0.6 is 11.3 Å². The molecule has 21 heavy (non-hydrogen) atoms. The van der Waals surface area contributed by atoms with E-state index in [2.05, 4.69) is 0 Å². The fourth-order valence-electron chi connectivity index (χ4n) is 1.88. The van der Waals surface area contributed by atoms with Crippen LogP contribution in [0.15, 0.2) is 35.2 Å². The summed E-state index contributed by atoms with van der Waals surface area (Å²) in [5, 5.41) is 2.90. The van der Waals surface area contributed by atoms with Gasteiger partial charge in [-0.3, -0.25) is 0 Å². The molecule has 0 aliphatic heterocycles. The Balaban J connectivity index is 2.44. The predicted molar refractivity (Wildman–Crippen MR) is 83.1 cm³/mol. The summed E-state index contributed by atoms with van der Waals surface area (Å²) in [6.45, 7) is 3.81. The minimum absolute atomic E-state index is 0.0812. The maximum absolute atomic E-state index is 11.9. The summed E-state index contributed by atoms with van der Waals surface area (Å²) in [7, 11) is 0. The monoisotopic (exact) mass is 304 g/mol. The van der Waals surface area contributed by atoms with Crippen LogP contribution in [0.2, 0.25) is 0 Å². The Bertz CT molecular complexity index is 664. The summed E-state index contributed by atoms with van der Waals surface area (Å²) in [6.07, 6.45) is 1.54. The SMILES string of the molecule is CCOC(=O)C(=Cc1csc2ccccc12)C(=O)OCC. The van der Waals surface area contributed by atoms with Crippen molar-refractivity contribution in [1.82, 2.24) is 0 Å². The summed E-state index contributed by atoms with van der Waals surface area (Å²) in [4.78, 5) is 23.9. The number of esters is 2. The Morgan fingerprint density at radius 1 is 1.10 bits per heavy atom. The number of thiophene rings is 1. The van der Waals surface area contributed by atoms with Gasteiger partial charge < -0.3 is 9.47 Å². The lowest BCUT2D eigenvalue weighted by molar-refractivity contribution is -0.146. The largest absolute Gasteiger partial charge is 0.462 e. The molecule has 0 amide bonds. The normalized spacial score (nSPS) is 10.2. The lowest BCUT2D eigenvalue weighted by atomic mass is 10.1. The third kappa shape index (κ3) is 3.49. The fourth-order valence-corrected chi connectivity index (χ4v) is 2.80. The third-order valence-corrected chi connectivity index (χ3v) is 3.78. The van der Waals surface area contributed by atoms with Gasteiger partial charge in [0.2, 0.25) is 0 Å². The number of hydrogen-bond donors (Lipinski definition) is 0. The second-order valence-electron chi connectivity index (χ2n) is 4.19. The van der Waals surface area contributed by atoms with E-state index in [9.17, 15) is 9.59 Å². The number of rotatable bonds is 5. The summed E-state index contributed by atoms with van der Waals surface area (Å²) in [5.41, 5.74) is 0.731. The third-order valence-electron chi connectivity index (χ3n) is 2.80. The molecule has 0 spiro atoms. The van der Waals surface area contributed by atoms with Gasteiger partial charge in [-0.1, -0.05) is 18.2 Å². The van der Waals surface area contributed by atoms with Crippen LogP contribution in [0.5, 0.6) is 0 Å². The van der Waals surface area contributed by atoms with E-state index in [1.807, 2.05) is 29.6 Å². The Morgan fingerprint density at radius 2 is 1.71 bits per heavy atom. The number of carbonyl (C=O) groups excluding carboxylic acids is 2. The molecule has 0 N–H and O–H groups in total. The molecule has 0 atom stereocenters. The lowest BCUT2D eigenvalue weighted by Crippen LogP contribution is -2.18. The Kier molecular flexibility index (Phi) is 5.11. The standard InChI is InChI=1S/C16H16O4S/c1-3-19-15(17)13(16(18)20-4-2)9-11-10-21-14-8-6-5-7-12(11)14/h5-10H,3-4H2,1-2H3. The second-order valence-corrected chi connectivity index (χ2v) is 5.10. The molecule has 1 heterocycles. The van der Waals surface area contributed by atoms with Gasteiger partial charge in [0.15, 0.2) is 0 Å². The van der Waals surface area contributed by atoms with Gasteiger partial charge in [-0.15, -0.1) is 11.3 Å². The average Bonchev–Trinajstić information content (AvgIpc) is 2.88. The van der Waals surface area contributed by atoms with Crippen LogP contribution in [0.4, 0.5) is 0 Å². The first-order valence-electron chi connectivity index (χ1n) is 6.69. The van der Waals surface area contributed by atoms with E-state index >= 15 is 0 Å². The number of fused-ring (bicyclic) bond motifs is 1. The number of carbonyl (C=O) groups is 2. The second kappa shape index (κ2) is 7.04. The number of ether oxygens (including phenoxy) is 2. The molecular weight excluding hydrogens is 288 g/mol. The molecule has 2 aromatic rings. The summed E-state index contributed by atoms with van der Waals surface area (Å²) in [6, 6.07) is 7.81. The molecule has 0 fully saturated rings. The minimum Gasteiger partial charge on any atom is -0.462 e. The van der Waals surface area contributed by atoms with Crippen LogP contribution in [0.1, 0.15) is 19.4 Å². The van der Waals surface area contributed by atoms with Crippen molar-refractivity contribution in [3.8, 4) is 0 Å². The van der Waals surface area contributed by atoms with Crippen LogP contribution in [-0.4, -0.2) is 25.2 Å². The maximum Gasteiger partial charge on any atom is 0.345 e. The van der Waals surface area contributed by atoms with Gasteiger partial charge in [-0.2, -0.15) is 0 Å². The van der Waals surface area contributed by atoms with Gasteiger partial charge >= 0.3 is 11.9 Å². The molecular formula is C16H16O4S. The van der Waals surface area contributed by atoms with E-state index in [0.717, 1.165) is 15.6 Å². The summed E-state index contributed by atoms with van der Waals surface area (Å²) in [5.74, 6) is -1.32. The van der Waals surface area contributed by atoms with Crippen molar-refractivity contribution >= 4 is 39.4 Å². The Hall–Kier alpha value is -2.14. The molecule has 1 aromatic heterocycles. The van der Waals surface area contributed by atoms with Crippen LogP contribution < -0.4 is 0 Å². The Morgan fingerprint density at radius 3 is 2.33 bits per heavy atom. The highest BCUT2D eigenvalue weighted by molar-refractivity contribution is 7.17. The topological polar surface area (TPSA) is 52.6 Å². The van der Waals surface area contributed by atoms with Gasteiger partial charge in [0, 0.05) is 4.70 Å². The zero-order valence-corrected chi connectivity index (χ0v) is 12.7. The van der Waals surface area contributed by atoms with Gasteiger partial charge in [0.05, 0.1) is 13.2 Å². The molecule has 5 heteroatoms.